The van der Waals surface area contributed by atoms with Gasteiger partial charge in [0.1, 0.15) is 5.82 Å². The highest BCUT2D eigenvalue weighted by Crippen LogP contribution is 2.20. The molecule has 0 aliphatic rings. The molecule has 1 heterocycles. The van der Waals surface area contributed by atoms with Gasteiger partial charge in [0.05, 0.1) is 6.42 Å². The molecule has 0 saturated carbocycles. The molecule has 0 amide bonds. The van der Waals surface area contributed by atoms with E-state index in [0.717, 1.165) is 9.75 Å². The Morgan fingerprint density at radius 1 is 1.30 bits per heavy atom. The number of benzene rings is 1. The first-order chi connectivity index (χ1) is 9.56. The standard InChI is InChI=1S/C15H16FNO2S/c1-10(13-4-2-3-5-14(13)16)17-9-12-7-6-11(20-12)8-15(18)19/h2-7,10,17H,8-9H2,1H3,(H,18,19)/t10-/m1/s1. The third-order valence-corrected chi connectivity index (χ3v) is 4.08. The van der Waals surface area contributed by atoms with Gasteiger partial charge in [-0.3, -0.25) is 4.79 Å². The van der Waals surface area contributed by atoms with Crippen molar-refractivity contribution in [1.29, 1.82) is 0 Å². The zero-order valence-corrected chi connectivity index (χ0v) is 11.9. The van der Waals surface area contributed by atoms with E-state index in [0.29, 0.717) is 12.1 Å². The molecule has 0 aliphatic heterocycles. The average molecular weight is 293 g/mol. The van der Waals surface area contributed by atoms with Crippen molar-refractivity contribution < 1.29 is 14.3 Å². The Morgan fingerprint density at radius 3 is 2.70 bits per heavy atom. The highest BCUT2D eigenvalue weighted by Gasteiger charge is 2.10. The summed E-state index contributed by atoms with van der Waals surface area (Å²) in [5.74, 6) is -1.05. The average Bonchev–Trinajstić information content (AvgIpc) is 2.83. The molecule has 20 heavy (non-hydrogen) atoms. The molecule has 0 aliphatic carbocycles. The second kappa shape index (κ2) is 6.63. The molecule has 0 saturated heterocycles. The minimum Gasteiger partial charge on any atom is -0.481 e. The molecule has 0 spiro atoms. The van der Waals surface area contributed by atoms with E-state index < -0.39 is 5.97 Å². The van der Waals surface area contributed by atoms with Gasteiger partial charge in [0, 0.05) is 27.9 Å². The van der Waals surface area contributed by atoms with E-state index in [-0.39, 0.29) is 18.3 Å². The van der Waals surface area contributed by atoms with Crippen molar-refractivity contribution in [1.82, 2.24) is 5.32 Å². The predicted molar refractivity (Wildman–Crippen MR) is 77.3 cm³/mol. The van der Waals surface area contributed by atoms with Gasteiger partial charge in [-0.2, -0.15) is 0 Å². The number of carbonyl (C=O) groups is 1. The van der Waals surface area contributed by atoms with Crippen LogP contribution in [0.3, 0.4) is 0 Å². The number of aliphatic carboxylic acids is 1. The van der Waals surface area contributed by atoms with Crippen LogP contribution in [0, 0.1) is 5.82 Å². The maximum Gasteiger partial charge on any atom is 0.308 e. The Balaban J connectivity index is 1.93. The quantitative estimate of drug-likeness (QED) is 0.858. The van der Waals surface area contributed by atoms with Crippen molar-refractivity contribution in [2.45, 2.75) is 25.9 Å². The van der Waals surface area contributed by atoms with Crippen molar-refractivity contribution in [3.8, 4) is 0 Å². The smallest absolute Gasteiger partial charge is 0.308 e. The second-order valence-electron chi connectivity index (χ2n) is 4.56. The minimum absolute atomic E-state index is 0.0491. The van der Waals surface area contributed by atoms with E-state index in [1.54, 1.807) is 12.1 Å². The van der Waals surface area contributed by atoms with Crippen LogP contribution in [0.1, 0.15) is 28.3 Å². The van der Waals surface area contributed by atoms with Crippen LogP contribution >= 0.6 is 11.3 Å². The van der Waals surface area contributed by atoms with E-state index in [4.69, 9.17) is 5.11 Å². The van der Waals surface area contributed by atoms with Crippen LogP contribution in [0.5, 0.6) is 0 Å². The summed E-state index contributed by atoms with van der Waals surface area (Å²) in [6.07, 6.45) is 0.0491. The van der Waals surface area contributed by atoms with Crippen LogP contribution in [0.2, 0.25) is 0 Å². The van der Waals surface area contributed by atoms with Crippen molar-refractivity contribution >= 4 is 17.3 Å². The molecular formula is C15H16FNO2S. The number of rotatable bonds is 6. The number of carboxylic acid groups (broad SMARTS) is 1. The first-order valence-corrected chi connectivity index (χ1v) is 7.15. The van der Waals surface area contributed by atoms with Gasteiger partial charge in [-0.25, -0.2) is 4.39 Å². The summed E-state index contributed by atoms with van der Waals surface area (Å²) < 4.78 is 13.6. The Morgan fingerprint density at radius 2 is 2.00 bits per heavy atom. The summed E-state index contributed by atoms with van der Waals surface area (Å²) in [6, 6.07) is 10.3. The fraction of sp³-hybridized carbons (Fsp3) is 0.267. The van der Waals surface area contributed by atoms with Crippen LogP contribution < -0.4 is 5.32 Å². The molecule has 1 aromatic carbocycles. The SMILES string of the molecule is C[C@@H](NCc1ccc(CC(=O)O)s1)c1ccccc1F. The number of halogens is 1. The number of thiophene rings is 1. The predicted octanol–water partition coefficient (Wildman–Crippen LogP) is 3.37. The van der Waals surface area contributed by atoms with Crippen molar-refractivity contribution in [2.75, 3.05) is 0 Å². The lowest BCUT2D eigenvalue weighted by Gasteiger charge is -2.14. The maximum atomic E-state index is 13.6. The van der Waals surface area contributed by atoms with Gasteiger partial charge in [-0.1, -0.05) is 18.2 Å². The highest BCUT2D eigenvalue weighted by atomic mass is 32.1. The lowest BCUT2D eigenvalue weighted by Crippen LogP contribution is -2.18. The molecule has 5 heteroatoms. The molecule has 2 N–H and O–H groups in total. The van der Waals surface area contributed by atoms with Crippen molar-refractivity contribution in [3.63, 3.8) is 0 Å². The lowest BCUT2D eigenvalue weighted by molar-refractivity contribution is -0.136. The summed E-state index contributed by atoms with van der Waals surface area (Å²) >= 11 is 1.47. The van der Waals surface area contributed by atoms with Gasteiger partial charge in [0.15, 0.2) is 0 Å². The van der Waals surface area contributed by atoms with Gasteiger partial charge in [0.25, 0.3) is 0 Å². The molecule has 0 radical (unpaired) electrons. The van der Waals surface area contributed by atoms with Gasteiger partial charge in [-0.15, -0.1) is 11.3 Å². The summed E-state index contributed by atoms with van der Waals surface area (Å²) in [5.41, 5.74) is 0.634. The molecule has 3 nitrogen and oxygen atoms in total. The molecule has 1 aromatic heterocycles. The molecule has 106 valence electrons. The molecular weight excluding hydrogens is 277 g/mol. The van der Waals surface area contributed by atoms with E-state index >= 15 is 0 Å². The van der Waals surface area contributed by atoms with Crippen LogP contribution in [-0.2, 0) is 17.8 Å². The number of hydrogen-bond acceptors (Lipinski definition) is 3. The number of nitrogens with one attached hydrogen (secondary N) is 1. The highest BCUT2D eigenvalue weighted by molar-refractivity contribution is 7.12. The summed E-state index contributed by atoms with van der Waals surface area (Å²) in [6.45, 7) is 2.50. The zero-order valence-electron chi connectivity index (χ0n) is 11.1. The Labute approximate surface area is 121 Å². The Kier molecular flexibility index (Phi) is 4.87. The maximum absolute atomic E-state index is 13.6. The van der Waals surface area contributed by atoms with E-state index in [9.17, 15) is 9.18 Å². The zero-order chi connectivity index (χ0) is 14.5. The largest absolute Gasteiger partial charge is 0.481 e. The number of carboxylic acids is 1. The van der Waals surface area contributed by atoms with Gasteiger partial charge in [0.2, 0.25) is 0 Å². The normalized spacial score (nSPS) is 12.3. The monoisotopic (exact) mass is 293 g/mol. The van der Waals surface area contributed by atoms with Crippen LogP contribution in [0.25, 0.3) is 0 Å². The minimum atomic E-state index is -0.828. The summed E-state index contributed by atoms with van der Waals surface area (Å²) in [5, 5.41) is 12.0. The molecule has 0 unspecified atom stereocenters. The second-order valence-corrected chi connectivity index (χ2v) is 5.82. The first kappa shape index (κ1) is 14.7. The Hall–Kier alpha value is -1.72. The molecule has 2 aromatic rings. The van der Waals surface area contributed by atoms with Crippen molar-refractivity contribution in [3.05, 3.63) is 57.5 Å². The van der Waals surface area contributed by atoms with Gasteiger partial charge < -0.3 is 10.4 Å². The van der Waals surface area contributed by atoms with Crippen LogP contribution in [-0.4, -0.2) is 11.1 Å². The van der Waals surface area contributed by atoms with Gasteiger partial charge >= 0.3 is 5.97 Å². The fourth-order valence-corrected chi connectivity index (χ4v) is 2.91. The van der Waals surface area contributed by atoms with E-state index in [1.807, 2.05) is 25.1 Å². The third kappa shape index (κ3) is 3.88. The third-order valence-electron chi connectivity index (χ3n) is 3.00. The molecule has 1 atom stereocenters. The topological polar surface area (TPSA) is 49.3 Å². The van der Waals surface area contributed by atoms with Crippen molar-refractivity contribution in [2.24, 2.45) is 0 Å². The van der Waals surface area contributed by atoms with E-state index in [1.165, 1.54) is 17.4 Å². The lowest BCUT2D eigenvalue weighted by atomic mass is 10.1. The van der Waals surface area contributed by atoms with Crippen LogP contribution in [0.15, 0.2) is 36.4 Å². The van der Waals surface area contributed by atoms with E-state index in [2.05, 4.69) is 5.32 Å². The molecule has 0 fully saturated rings. The molecule has 0 bridgehead atoms. The Bertz CT molecular complexity index is 597. The van der Waals surface area contributed by atoms with Gasteiger partial charge in [-0.05, 0) is 25.1 Å². The number of hydrogen-bond donors (Lipinski definition) is 2. The first-order valence-electron chi connectivity index (χ1n) is 6.33. The summed E-state index contributed by atoms with van der Waals surface area (Å²) in [7, 11) is 0. The summed E-state index contributed by atoms with van der Waals surface area (Å²) in [4.78, 5) is 12.5. The molecule has 2 rings (SSSR count). The fourth-order valence-electron chi connectivity index (χ4n) is 1.95. The van der Waals surface area contributed by atoms with Crippen LogP contribution in [0.4, 0.5) is 4.39 Å².